The molecule has 1 aliphatic carbocycles. The average molecular weight is 566 g/mol. The lowest BCUT2D eigenvalue weighted by Gasteiger charge is -2.23. The highest BCUT2D eigenvalue weighted by Gasteiger charge is 2.36. The van der Waals surface area contributed by atoms with Gasteiger partial charge in [0.2, 0.25) is 0 Å². The van der Waals surface area contributed by atoms with Crippen molar-refractivity contribution >= 4 is 17.3 Å². The maximum atomic E-state index is 11.5. The van der Waals surface area contributed by atoms with Gasteiger partial charge in [-0.1, -0.05) is 12.1 Å². The Morgan fingerprint density at radius 3 is 2.57 bits per heavy atom. The van der Waals surface area contributed by atoms with Crippen molar-refractivity contribution in [3.8, 4) is 22.8 Å². The number of nitrogens with one attached hydrogen (secondary N) is 1. The van der Waals surface area contributed by atoms with Crippen LogP contribution in [0.1, 0.15) is 70.9 Å². The fourth-order valence-corrected chi connectivity index (χ4v) is 5.87. The van der Waals surface area contributed by atoms with Crippen LogP contribution in [-0.4, -0.2) is 54.4 Å². The van der Waals surface area contributed by atoms with Gasteiger partial charge in [-0.25, -0.2) is 14.8 Å². The van der Waals surface area contributed by atoms with Crippen molar-refractivity contribution < 1.29 is 19.4 Å². The van der Waals surface area contributed by atoms with Gasteiger partial charge in [-0.15, -0.1) is 10.2 Å². The summed E-state index contributed by atoms with van der Waals surface area (Å²) in [5.74, 6) is 4.51. The number of rotatable bonds is 9. The maximum Gasteiger partial charge on any atom is 0.335 e. The Morgan fingerprint density at radius 1 is 1.02 bits per heavy atom. The molecule has 0 bridgehead atoms. The molecule has 42 heavy (non-hydrogen) atoms. The van der Waals surface area contributed by atoms with Crippen LogP contribution in [0.15, 0.2) is 54.9 Å². The quantitative estimate of drug-likeness (QED) is 0.250. The third-order valence-corrected chi connectivity index (χ3v) is 8.18. The van der Waals surface area contributed by atoms with Gasteiger partial charge in [0.15, 0.2) is 5.82 Å². The lowest BCUT2D eigenvalue weighted by molar-refractivity contribution is 0.0697. The molecule has 11 nitrogen and oxygen atoms in total. The van der Waals surface area contributed by atoms with Crippen molar-refractivity contribution in [3.05, 3.63) is 83.5 Å². The number of fused-ring (bicyclic) bond motifs is 2. The van der Waals surface area contributed by atoms with Crippen molar-refractivity contribution in [2.24, 2.45) is 0 Å². The van der Waals surface area contributed by atoms with Gasteiger partial charge in [-0.3, -0.25) is 4.40 Å². The predicted molar refractivity (Wildman–Crippen MR) is 155 cm³/mol. The Hall–Kier alpha value is -4.93. The second-order valence-electron chi connectivity index (χ2n) is 10.8. The summed E-state index contributed by atoms with van der Waals surface area (Å²) < 4.78 is 15.3. The van der Waals surface area contributed by atoms with Gasteiger partial charge in [0.1, 0.15) is 40.2 Å². The van der Waals surface area contributed by atoms with Gasteiger partial charge in [0, 0.05) is 48.6 Å². The molecule has 2 aromatic carbocycles. The summed E-state index contributed by atoms with van der Waals surface area (Å²) in [6, 6.07) is 12.5. The van der Waals surface area contributed by atoms with Crippen LogP contribution in [0.25, 0.3) is 16.8 Å². The molecule has 4 heterocycles. The predicted octanol–water partition coefficient (Wildman–Crippen LogP) is 5.12. The molecule has 1 atom stereocenters. The zero-order chi connectivity index (χ0) is 28.8. The summed E-state index contributed by atoms with van der Waals surface area (Å²) >= 11 is 0. The number of ether oxygens (including phenoxy) is 2. The van der Waals surface area contributed by atoms with Gasteiger partial charge in [-0.2, -0.15) is 0 Å². The fourth-order valence-electron chi connectivity index (χ4n) is 5.87. The van der Waals surface area contributed by atoms with Crippen LogP contribution < -0.4 is 14.8 Å². The number of benzene rings is 2. The summed E-state index contributed by atoms with van der Waals surface area (Å²) in [4.78, 5) is 21.5. The number of nitrogens with zero attached hydrogens (tertiary/aromatic N) is 6. The van der Waals surface area contributed by atoms with Crippen LogP contribution in [0, 0.1) is 0 Å². The molecule has 0 spiro atoms. The third-order valence-electron chi connectivity index (χ3n) is 8.18. The number of hydrogen-bond acceptors (Lipinski definition) is 8. The molecule has 7 rings (SSSR count). The first kappa shape index (κ1) is 26.0. The molecule has 1 saturated carbocycles. The Balaban J connectivity index is 1.33. The second-order valence-corrected chi connectivity index (χ2v) is 10.8. The molecule has 2 aliphatic rings. The van der Waals surface area contributed by atoms with E-state index in [4.69, 9.17) is 19.4 Å². The van der Waals surface area contributed by atoms with Gasteiger partial charge < -0.3 is 24.5 Å². The lowest BCUT2D eigenvalue weighted by atomic mass is 9.98. The molecule has 0 unspecified atom stereocenters. The Morgan fingerprint density at radius 2 is 1.83 bits per heavy atom. The number of methoxy groups -OCH3 is 2. The van der Waals surface area contributed by atoms with E-state index in [0.29, 0.717) is 29.8 Å². The average Bonchev–Trinajstić information content (AvgIpc) is 3.65. The molecule has 214 valence electrons. The Kier molecular flexibility index (Phi) is 6.49. The molecule has 1 aliphatic heterocycles. The number of carboxylic acid groups (broad SMARTS) is 1. The summed E-state index contributed by atoms with van der Waals surface area (Å²) in [6.45, 7) is 1.38. The monoisotopic (exact) mass is 565 g/mol. The first-order valence-electron chi connectivity index (χ1n) is 14.1. The number of anilines is 1. The lowest BCUT2D eigenvalue weighted by Crippen LogP contribution is -2.20. The minimum Gasteiger partial charge on any atom is -0.497 e. The Labute approximate surface area is 242 Å². The number of carboxylic acids is 1. The highest BCUT2D eigenvalue weighted by Crippen LogP contribution is 2.43. The second kappa shape index (κ2) is 10.5. The van der Waals surface area contributed by atoms with Crippen molar-refractivity contribution in [1.82, 2.24) is 29.1 Å². The summed E-state index contributed by atoms with van der Waals surface area (Å²) in [5, 5.41) is 22.2. The number of imidazole rings is 1. The van der Waals surface area contributed by atoms with Gasteiger partial charge in [0.05, 0.1) is 25.7 Å². The summed E-state index contributed by atoms with van der Waals surface area (Å²) in [6.07, 6.45) is 7.97. The van der Waals surface area contributed by atoms with Crippen molar-refractivity contribution in [1.29, 1.82) is 0 Å². The largest absolute Gasteiger partial charge is 0.497 e. The molecule has 5 aromatic rings. The van der Waals surface area contributed by atoms with E-state index < -0.39 is 5.97 Å². The zero-order valence-electron chi connectivity index (χ0n) is 23.4. The standard InChI is InChI=1S/C31H31N7O4/c1-41-22-12-11-21(24(16-22)42-2)17-33-27-26-25(18-5-9-20(10-6-18)31(39)40)34-29(37(26)15-13-32-27)23-4-3-14-38-28(19-7-8-19)35-36-30(23)38/h5-6,9-13,15-16,19,23H,3-4,7-8,14,17H2,1-2H3,(H,32,33)(H,39,40)/t23-/m0/s1. The maximum absolute atomic E-state index is 11.5. The van der Waals surface area contributed by atoms with Crippen LogP contribution >= 0.6 is 0 Å². The molecule has 11 heteroatoms. The normalized spacial score (nSPS) is 16.3. The molecular formula is C31H31N7O4. The Bertz CT molecular complexity index is 1790. The van der Waals surface area contributed by atoms with E-state index in [1.165, 1.54) is 12.8 Å². The van der Waals surface area contributed by atoms with Crippen LogP contribution in [0.5, 0.6) is 11.5 Å². The van der Waals surface area contributed by atoms with E-state index in [0.717, 1.165) is 59.2 Å². The third kappa shape index (κ3) is 4.50. The minimum atomic E-state index is -0.970. The molecule has 0 saturated heterocycles. The van der Waals surface area contributed by atoms with E-state index in [2.05, 4.69) is 24.5 Å². The number of hydrogen-bond donors (Lipinski definition) is 2. The molecule has 3 aromatic heterocycles. The molecule has 2 N–H and O–H groups in total. The van der Waals surface area contributed by atoms with E-state index in [-0.39, 0.29) is 11.5 Å². The smallest absolute Gasteiger partial charge is 0.335 e. The van der Waals surface area contributed by atoms with E-state index >= 15 is 0 Å². The summed E-state index contributed by atoms with van der Waals surface area (Å²) in [5.41, 5.74) is 3.50. The van der Waals surface area contributed by atoms with E-state index in [1.807, 2.05) is 24.4 Å². The number of aromatic nitrogens is 6. The first-order chi connectivity index (χ1) is 20.6. The van der Waals surface area contributed by atoms with Crippen LogP contribution in [-0.2, 0) is 13.1 Å². The summed E-state index contributed by atoms with van der Waals surface area (Å²) in [7, 11) is 3.26. The van der Waals surface area contributed by atoms with E-state index in [9.17, 15) is 9.90 Å². The minimum absolute atomic E-state index is 0.0322. The van der Waals surface area contributed by atoms with Crippen LogP contribution in [0.2, 0.25) is 0 Å². The van der Waals surface area contributed by atoms with Crippen LogP contribution in [0.4, 0.5) is 5.82 Å². The first-order valence-corrected chi connectivity index (χ1v) is 14.1. The van der Waals surface area contributed by atoms with Gasteiger partial charge in [0.25, 0.3) is 0 Å². The fraction of sp³-hybridized carbons (Fsp3) is 0.323. The topological polar surface area (TPSA) is 129 Å². The SMILES string of the molecule is COc1ccc(CNc2nccn3c([C@@H]4CCCn5c(C6CC6)nnc54)nc(-c4ccc(C(=O)O)cc4)c23)c(OC)c1. The van der Waals surface area contributed by atoms with Crippen molar-refractivity contribution in [2.45, 2.75) is 50.6 Å². The van der Waals surface area contributed by atoms with Crippen molar-refractivity contribution in [3.63, 3.8) is 0 Å². The molecule has 0 radical (unpaired) electrons. The van der Waals surface area contributed by atoms with E-state index in [1.54, 1.807) is 44.7 Å². The van der Waals surface area contributed by atoms with Gasteiger partial charge in [-0.05, 0) is 49.9 Å². The van der Waals surface area contributed by atoms with Crippen molar-refractivity contribution in [2.75, 3.05) is 19.5 Å². The van der Waals surface area contributed by atoms with Gasteiger partial charge >= 0.3 is 5.97 Å². The molecular weight excluding hydrogens is 534 g/mol. The molecule has 1 fully saturated rings. The molecule has 0 amide bonds. The number of aromatic carboxylic acids is 1. The highest BCUT2D eigenvalue weighted by atomic mass is 16.5. The number of carbonyl (C=O) groups is 1. The van der Waals surface area contributed by atoms with Crippen LogP contribution in [0.3, 0.4) is 0 Å². The highest BCUT2D eigenvalue weighted by molar-refractivity contribution is 5.90. The zero-order valence-corrected chi connectivity index (χ0v) is 23.4.